The molecule has 1 fully saturated rings. The van der Waals surface area contributed by atoms with Gasteiger partial charge in [-0.1, -0.05) is 54.2 Å². The number of aromatic nitrogens is 2. The number of rotatable bonds is 6. The van der Waals surface area contributed by atoms with E-state index in [1.54, 1.807) is 24.8 Å². The van der Waals surface area contributed by atoms with Crippen molar-refractivity contribution in [1.29, 1.82) is 0 Å². The third-order valence-electron chi connectivity index (χ3n) is 5.81. The van der Waals surface area contributed by atoms with E-state index in [9.17, 15) is 4.79 Å². The van der Waals surface area contributed by atoms with Crippen LogP contribution >= 0.6 is 23.1 Å². The van der Waals surface area contributed by atoms with Gasteiger partial charge >= 0.3 is 0 Å². The van der Waals surface area contributed by atoms with E-state index < -0.39 is 0 Å². The Labute approximate surface area is 201 Å². The molecule has 0 N–H and O–H groups in total. The van der Waals surface area contributed by atoms with E-state index in [2.05, 4.69) is 38.4 Å². The average molecular weight is 477 g/mol. The van der Waals surface area contributed by atoms with Gasteiger partial charge in [-0.15, -0.1) is 11.3 Å². The van der Waals surface area contributed by atoms with Gasteiger partial charge in [0.1, 0.15) is 21.9 Å². The molecule has 3 heterocycles. The maximum atomic E-state index is 13.0. The lowest BCUT2D eigenvalue weighted by Gasteiger charge is -2.36. The highest BCUT2D eigenvalue weighted by molar-refractivity contribution is 8.00. The summed E-state index contributed by atoms with van der Waals surface area (Å²) < 4.78 is 5.49. The molecule has 0 spiro atoms. The number of thioether (sulfide) groups is 1. The minimum atomic E-state index is 0.142. The molecule has 6 nitrogen and oxygen atoms in total. The number of benzene rings is 2. The van der Waals surface area contributed by atoms with E-state index >= 15 is 0 Å². The molecule has 4 aromatic rings. The van der Waals surface area contributed by atoms with Crippen molar-refractivity contribution in [2.45, 2.75) is 5.03 Å². The Balaban J connectivity index is 1.25. The predicted octanol–water partition coefficient (Wildman–Crippen LogP) is 4.81. The number of para-hydroxylation sites is 2. The molecular formula is C25H24N4O2S2. The molecule has 2 aromatic carbocycles. The van der Waals surface area contributed by atoms with Gasteiger partial charge < -0.3 is 14.5 Å². The number of carbonyl (C=O) groups is 1. The number of methoxy groups -OCH3 is 1. The summed E-state index contributed by atoms with van der Waals surface area (Å²) in [5.74, 6) is 1.37. The monoisotopic (exact) mass is 476 g/mol. The first-order chi connectivity index (χ1) is 16.2. The number of carbonyl (C=O) groups excluding carboxylic acids is 1. The van der Waals surface area contributed by atoms with E-state index in [4.69, 9.17) is 4.74 Å². The summed E-state index contributed by atoms with van der Waals surface area (Å²) in [5.41, 5.74) is 3.34. The quantitative estimate of drug-likeness (QED) is 0.294. The minimum Gasteiger partial charge on any atom is -0.495 e. The molecule has 1 aliphatic rings. The number of ether oxygens (including phenoxy) is 1. The Hall–Kier alpha value is -3.10. The predicted molar refractivity (Wildman–Crippen MR) is 135 cm³/mol. The van der Waals surface area contributed by atoms with Crippen LogP contribution in [0, 0.1) is 0 Å². The molecule has 0 unspecified atom stereocenters. The molecule has 0 aliphatic carbocycles. The van der Waals surface area contributed by atoms with Gasteiger partial charge in [-0.25, -0.2) is 9.97 Å². The van der Waals surface area contributed by atoms with Crippen LogP contribution in [0.3, 0.4) is 0 Å². The summed E-state index contributed by atoms with van der Waals surface area (Å²) in [4.78, 5) is 27.1. The number of piperazine rings is 1. The zero-order chi connectivity index (χ0) is 22.6. The number of thiophene rings is 1. The van der Waals surface area contributed by atoms with E-state index in [0.717, 1.165) is 50.9 Å². The van der Waals surface area contributed by atoms with E-state index in [1.807, 2.05) is 41.3 Å². The third kappa shape index (κ3) is 4.54. The average Bonchev–Trinajstić information content (AvgIpc) is 3.33. The highest BCUT2D eigenvalue weighted by Crippen LogP contribution is 2.37. The van der Waals surface area contributed by atoms with Crippen molar-refractivity contribution >= 4 is 44.9 Å². The Morgan fingerprint density at radius 3 is 2.58 bits per heavy atom. The molecule has 1 aliphatic heterocycles. The van der Waals surface area contributed by atoms with Gasteiger partial charge in [0.2, 0.25) is 5.91 Å². The number of anilines is 1. The standard InChI is InChI=1S/C25H24N4O2S2/c1-31-21-10-6-5-9-20(21)28-11-13-29(14-12-28)22(30)16-33-25-23-19(18-7-3-2-4-8-18)15-32-24(23)26-17-27-25/h2-10,15,17H,11-14,16H2,1H3. The van der Waals surface area contributed by atoms with Gasteiger partial charge in [0.05, 0.1) is 23.9 Å². The van der Waals surface area contributed by atoms with Gasteiger partial charge in [0, 0.05) is 37.1 Å². The maximum Gasteiger partial charge on any atom is 0.233 e. The van der Waals surface area contributed by atoms with Gasteiger partial charge in [-0.2, -0.15) is 0 Å². The van der Waals surface area contributed by atoms with E-state index in [1.165, 1.54) is 11.8 Å². The molecule has 2 aromatic heterocycles. The summed E-state index contributed by atoms with van der Waals surface area (Å²) in [6, 6.07) is 18.3. The van der Waals surface area contributed by atoms with Crippen LogP contribution in [0.2, 0.25) is 0 Å². The van der Waals surface area contributed by atoms with Crippen LogP contribution in [-0.4, -0.2) is 59.8 Å². The van der Waals surface area contributed by atoms with Crippen LogP contribution in [0.15, 0.2) is 71.3 Å². The zero-order valence-electron chi connectivity index (χ0n) is 18.3. The van der Waals surface area contributed by atoms with Crippen LogP contribution in [0.5, 0.6) is 5.75 Å². The molecule has 1 amide bonds. The molecule has 0 atom stereocenters. The fourth-order valence-electron chi connectivity index (χ4n) is 4.10. The number of amides is 1. The SMILES string of the molecule is COc1ccccc1N1CCN(C(=O)CSc2ncnc3scc(-c4ccccc4)c23)CC1. The fourth-order valence-corrected chi connectivity index (χ4v) is 5.99. The van der Waals surface area contributed by atoms with Crippen molar-refractivity contribution in [1.82, 2.24) is 14.9 Å². The summed E-state index contributed by atoms with van der Waals surface area (Å²) in [6.07, 6.45) is 1.59. The van der Waals surface area contributed by atoms with Crippen molar-refractivity contribution in [2.24, 2.45) is 0 Å². The summed E-state index contributed by atoms with van der Waals surface area (Å²) in [6.45, 7) is 2.98. The van der Waals surface area contributed by atoms with Crippen LogP contribution in [0.1, 0.15) is 0 Å². The second kappa shape index (κ2) is 9.80. The lowest BCUT2D eigenvalue weighted by Crippen LogP contribution is -2.49. The van der Waals surface area contributed by atoms with Crippen LogP contribution < -0.4 is 9.64 Å². The summed E-state index contributed by atoms with van der Waals surface area (Å²) in [7, 11) is 1.69. The summed E-state index contributed by atoms with van der Waals surface area (Å²) >= 11 is 3.11. The van der Waals surface area contributed by atoms with E-state index in [-0.39, 0.29) is 5.91 Å². The Morgan fingerprint density at radius 2 is 1.79 bits per heavy atom. The molecule has 1 saturated heterocycles. The molecule has 33 heavy (non-hydrogen) atoms. The van der Waals surface area contributed by atoms with Gasteiger partial charge in [0.25, 0.3) is 0 Å². The van der Waals surface area contributed by atoms with Crippen molar-refractivity contribution in [3.05, 3.63) is 66.3 Å². The second-order valence-electron chi connectivity index (χ2n) is 7.70. The van der Waals surface area contributed by atoms with Gasteiger partial charge in [0.15, 0.2) is 0 Å². The van der Waals surface area contributed by atoms with Crippen molar-refractivity contribution in [3.63, 3.8) is 0 Å². The Bertz CT molecular complexity index is 1250. The minimum absolute atomic E-state index is 0.142. The number of hydrogen-bond acceptors (Lipinski definition) is 7. The van der Waals surface area contributed by atoms with Crippen LogP contribution in [0.4, 0.5) is 5.69 Å². The largest absolute Gasteiger partial charge is 0.495 e. The topological polar surface area (TPSA) is 58.6 Å². The smallest absolute Gasteiger partial charge is 0.233 e. The molecule has 0 saturated carbocycles. The highest BCUT2D eigenvalue weighted by Gasteiger charge is 2.23. The molecule has 0 bridgehead atoms. The van der Waals surface area contributed by atoms with Crippen LogP contribution in [0.25, 0.3) is 21.3 Å². The van der Waals surface area contributed by atoms with Crippen LogP contribution in [-0.2, 0) is 4.79 Å². The third-order valence-corrected chi connectivity index (χ3v) is 7.67. The lowest BCUT2D eigenvalue weighted by atomic mass is 10.1. The number of fused-ring (bicyclic) bond motifs is 1. The number of hydrogen-bond donors (Lipinski definition) is 0. The Kier molecular flexibility index (Phi) is 6.46. The summed E-state index contributed by atoms with van der Waals surface area (Å²) in [5, 5.41) is 4.02. The molecule has 5 rings (SSSR count). The Morgan fingerprint density at radius 1 is 1.03 bits per heavy atom. The van der Waals surface area contributed by atoms with Gasteiger partial charge in [-0.05, 0) is 17.7 Å². The molecular weight excluding hydrogens is 452 g/mol. The normalized spacial score (nSPS) is 14.0. The first kappa shape index (κ1) is 21.7. The second-order valence-corrected chi connectivity index (χ2v) is 9.52. The molecule has 8 heteroatoms. The lowest BCUT2D eigenvalue weighted by molar-refractivity contribution is -0.128. The first-order valence-electron chi connectivity index (χ1n) is 10.8. The number of nitrogens with zero attached hydrogens (tertiary/aromatic N) is 4. The van der Waals surface area contributed by atoms with E-state index in [0.29, 0.717) is 18.8 Å². The van der Waals surface area contributed by atoms with Crippen molar-refractivity contribution in [3.8, 4) is 16.9 Å². The fraction of sp³-hybridized carbons (Fsp3) is 0.240. The molecule has 0 radical (unpaired) electrons. The zero-order valence-corrected chi connectivity index (χ0v) is 19.9. The van der Waals surface area contributed by atoms with Gasteiger partial charge in [-0.3, -0.25) is 4.79 Å². The first-order valence-corrected chi connectivity index (χ1v) is 12.7. The van der Waals surface area contributed by atoms with Crippen molar-refractivity contribution < 1.29 is 9.53 Å². The van der Waals surface area contributed by atoms with Crippen molar-refractivity contribution in [2.75, 3.05) is 43.9 Å². The molecule has 168 valence electrons. The maximum absolute atomic E-state index is 13.0. The highest BCUT2D eigenvalue weighted by atomic mass is 32.2.